The van der Waals surface area contributed by atoms with Crippen molar-refractivity contribution in [3.63, 3.8) is 0 Å². The first-order chi connectivity index (χ1) is 5.83. The molecule has 0 saturated heterocycles. The molecule has 1 rings (SSSR count). The summed E-state index contributed by atoms with van der Waals surface area (Å²) >= 11 is 0. The SMILES string of the molecule is O=S(=O)(OC1=NC=C[N]1)C(F)(F)F. The number of rotatable bonds is 1. The molecule has 0 saturated carbocycles. The molecule has 5 nitrogen and oxygen atoms in total. The summed E-state index contributed by atoms with van der Waals surface area (Å²) in [5, 5.41) is 3.10. The van der Waals surface area contributed by atoms with Crippen LogP contribution >= 0.6 is 0 Å². The van der Waals surface area contributed by atoms with Crippen molar-refractivity contribution in [2.24, 2.45) is 4.99 Å². The summed E-state index contributed by atoms with van der Waals surface area (Å²) in [5.74, 6) is 0. The van der Waals surface area contributed by atoms with Gasteiger partial charge in [-0.25, -0.2) is 10.3 Å². The van der Waals surface area contributed by atoms with Crippen LogP contribution in [-0.4, -0.2) is 19.9 Å². The second-order valence-corrected chi connectivity index (χ2v) is 3.36. The summed E-state index contributed by atoms with van der Waals surface area (Å²) in [5.41, 5.74) is -5.46. The average Bonchev–Trinajstić information content (AvgIpc) is 2.35. The Labute approximate surface area is 71.0 Å². The van der Waals surface area contributed by atoms with Crippen LogP contribution in [0.15, 0.2) is 17.4 Å². The Morgan fingerprint density at radius 2 is 1.92 bits per heavy atom. The van der Waals surface area contributed by atoms with Gasteiger partial charge in [0, 0.05) is 0 Å². The zero-order valence-electron chi connectivity index (χ0n) is 5.82. The van der Waals surface area contributed by atoms with Crippen LogP contribution in [0.4, 0.5) is 13.2 Å². The summed E-state index contributed by atoms with van der Waals surface area (Å²) in [6.45, 7) is 0. The fourth-order valence-electron chi connectivity index (χ4n) is 0.416. The van der Waals surface area contributed by atoms with Crippen LogP contribution in [0, 0.1) is 0 Å². The molecule has 0 bridgehead atoms. The molecule has 0 aromatic heterocycles. The molecule has 0 spiro atoms. The molecule has 1 aliphatic rings. The standard InChI is InChI=1S/C4H2F3N2O3S/c5-4(6,7)13(10,11)12-3-8-1-2-9-3/h1-2H. The van der Waals surface area contributed by atoms with E-state index in [-0.39, 0.29) is 0 Å². The monoisotopic (exact) mass is 215 g/mol. The number of hydrogen-bond acceptors (Lipinski definition) is 4. The average molecular weight is 215 g/mol. The molecule has 0 amide bonds. The number of nitrogens with zero attached hydrogens (tertiary/aromatic N) is 2. The van der Waals surface area contributed by atoms with E-state index in [1.807, 2.05) is 0 Å². The summed E-state index contributed by atoms with van der Waals surface area (Å²) in [6.07, 6.45) is 2.00. The van der Waals surface area contributed by atoms with Crippen molar-refractivity contribution in [2.45, 2.75) is 5.51 Å². The van der Waals surface area contributed by atoms with E-state index < -0.39 is 21.6 Å². The molecule has 0 unspecified atom stereocenters. The van der Waals surface area contributed by atoms with E-state index in [1.54, 1.807) is 0 Å². The molecule has 1 radical (unpaired) electrons. The highest BCUT2D eigenvalue weighted by molar-refractivity contribution is 7.88. The zero-order valence-corrected chi connectivity index (χ0v) is 6.63. The minimum absolute atomic E-state index is 0.850. The lowest BCUT2D eigenvalue weighted by atomic mass is 11.0. The molecule has 0 aromatic carbocycles. The number of hydrogen-bond donors (Lipinski definition) is 0. The van der Waals surface area contributed by atoms with E-state index in [4.69, 9.17) is 0 Å². The van der Waals surface area contributed by atoms with Gasteiger partial charge in [-0.05, 0) is 0 Å². The van der Waals surface area contributed by atoms with Gasteiger partial charge in [0.15, 0.2) is 0 Å². The van der Waals surface area contributed by atoms with Gasteiger partial charge >= 0.3 is 21.6 Å². The molecular weight excluding hydrogens is 213 g/mol. The topological polar surface area (TPSA) is 69.8 Å². The molecule has 9 heteroatoms. The fourth-order valence-corrected chi connectivity index (χ4v) is 0.793. The van der Waals surface area contributed by atoms with Crippen molar-refractivity contribution in [1.82, 2.24) is 5.32 Å². The van der Waals surface area contributed by atoms with Gasteiger partial charge in [0.25, 0.3) is 0 Å². The molecule has 0 N–H and O–H groups in total. The van der Waals surface area contributed by atoms with Crippen LogP contribution < -0.4 is 5.32 Å². The second-order valence-electron chi connectivity index (χ2n) is 1.82. The largest absolute Gasteiger partial charge is 0.534 e. The predicted octanol–water partition coefficient (Wildman–Crippen LogP) is 0.298. The third-order valence-electron chi connectivity index (χ3n) is 0.904. The number of halogens is 3. The van der Waals surface area contributed by atoms with Gasteiger partial charge in [-0.1, -0.05) is 0 Å². The summed E-state index contributed by atoms with van der Waals surface area (Å²) in [4.78, 5) is 3.10. The van der Waals surface area contributed by atoms with Crippen LogP contribution in [0.25, 0.3) is 0 Å². The van der Waals surface area contributed by atoms with Crippen molar-refractivity contribution in [1.29, 1.82) is 0 Å². The lowest BCUT2D eigenvalue weighted by Gasteiger charge is -2.07. The maximum Gasteiger partial charge on any atom is 0.534 e. The molecule has 0 atom stereocenters. The van der Waals surface area contributed by atoms with E-state index in [0.29, 0.717) is 0 Å². The summed E-state index contributed by atoms with van der Waals surface area (Å²) < 4.78 is 59.1. The van der Waals surface area contributed by atoms with E-state index >= 15 is 0 Å². The van der Waals surface area contributed by atoms with E-state index in [1.165, 1.54) is 0 Å². The van der Waals surface area contributed by atoms with Crippen molar-refractivity contribution in [2.75, 3.05) is 0 Å². The maximum atomic E-state index is 11.7. The minimum Gasteiger partial charge on any atom is -0.337 e. The van der Waals surface area contributed by atoms with Crippen LogP contribution in [0.3, 0.4) is 0 Å². The summed E-state index contributed by atoms with van der Waals surface area (Å²) in [6, 6.07) is -0.850. The Bertz CT molecular complexity index is 355. The summed E-state index contributed by atoms with van der Waals surface area (Å²) in [7, 11) is -5.65. The van der Waals surface area contributed by atoms with Gasteiger partial charge in [-0.3, -0.25) is 0 Å². The highest BCUT2D eigenvalue weighted by Crippen LogP contribution is 2.24. The van der Waals surface area contributed by atoms with Crippen LogP contribution in [0.5, 0.6) is 0 Å². The van der Waals surface area contributed by atoms with Crippen molar-refractivity contribution < 1.29 is 25.8 Å². The van der Waals surface area contributed by atoms with Crippen molar-refractivity contribution in [3.8, 4) is 0 Å². The van der Waals surface area contributed by atoms with Crippen molar-refractivity contribution in [3.05, 3.63) is 12.4 Å². The molecule has 0 aliphatic carbocycles. The predicted molar refractivity (Wildman–Crippen MR) is 34.8 cm³/mol. The second kappa shape index (κ2) is 2.91. The highest BCUT2D eigenvalue weighted by Gasteiger charge is 2.49. The lowest BCUT2D eigenvalue weighted by Crippen LogP contribution is -2.29. The smallest absolute Gasteiger partial charge is 0.337 e. The van der Waals surface area contributed by atoms with Crippen LogP contribution in [-0.2, 0) is 14.3 Å². The molecular formula is C4H2F3N2O3S. The van der Waals surface area contributed by atoms with Gasteiger partial charge in [-0.15, -0.1) is 0 Å². The first kappa shape index (κ1) is 9.84. The van der Waals surface area contributed by atoms with E-state index in [9.17, 15) is 21.6 Å². The van der Waals surface area contributed by atoms with Crippen LogP contribution in [0.2, 0.25) is 0 Å². The molecule has 0 aromatic rings. The van der Waals surface area contributed by atoms with Crippen molar-refractivity contribution >= 4 is 16.1 Å². The number of amidine groups is 1. The third-order valence-corrected chi connectivity index (χ3v) is 1.84. The Morgan fingerprint density at radius 1 is 1.31 bits per heavy atom. The Kier molecular flexibility index (Phi) is 2.20. The number of alkyl halides is 3. The van der Waals surface area contributed by atoms with Gasteiger partial charge < -0.3 is 4.18 Å². The Hall–Kier alpha value is -1.25. The normalized spacial score (nSPS) is 16.7. The van der Waals surface area contributed by atoms with Crippen LogP contribution in [0.1, 0.15) is 0 Å². The first-order valence-corrected chi connectivity index (χ1v) is 4.18. The molecule has 0 fully saturated rings. The van der Waals surface area contributed by atoms with E-state index in [0.717, 1.165) is 12.4 Å². The fraction of sp³-hybridized carbons (Fsp3) is 0.250. The Morgan fingerprint density at radius 3 is 2.31 bits per heavy atom. The molecule has 1 aliphatic heterocycles. The molecule has 1 heterocycles. The molecule has 73 valence electrons. The lowest BCUT2D eigenvalue weighted by molar-refractivity contribution is -0.0505. The van der Waals surface area contributed by atoms with Gasteiger partial charge in [0.2, 0.25) is 0 Å². The van der Waals surface area contributed by atoms with Gasteiger partial charge in [0.1, 0.15) is 0 Å². The van der Waals surface area contributed by atoms with E-state index in [2.05, 4.69) is 14.5 Å². The van der Waals surface area contributed by atoms with Gasteiger partial charge in [0.05, 0.1) is 12.4 Å². The third kappa shape index (κ3) is 2.11. The quantitative estimate of drug-likeness (QED) is 0.466. The zero-order chi connectivity index (χ0) is 10.1. The van der Waals surface area contributed by atoms with Gasteiger partial charge in [-0.2, -0.15) is 21.6 Å². The molecule has 13 heavy (non-hydrogen) atoms. The maximum absolute atomic E-state index is 11.7. The number of aliphatic imine (C=N–C) groups is 1. The Balaban J connectivity index is 2.75. The highest BCUT2D eigenvalue weighted by atomic mass is 32.2. The first-order valence-electron chi connectivity index (χ1n) is 2.77. The minimum atomic E-state index is -5.65.